The standard InChI is InChI=1S/C5H12O12S3/c6-18(7,8)15-3-1-2-5(17-20(12,13)14)4-16-19(9,10)11/h5H,1-4H2,(H,6,7,8)(H,9,10,11)(H,12,13,14). The number of rotatable bonds is 10. The van der Waals surface area contributed by atoms with E-state index >= 15 is 0 Å². The molecule has 0 bridgehead atoms. The lowest BCUT2D eigenvalue weighted by Gasteiger charge is -2.14. The molecular weight excluding hydrogens is 348 g/mol. The summed E-state index contributed by atoms with van der Waals surface area (Å²) < 4.78 is 98.6. The highest BCUT2D eigenvalue weighted by Crippen LogP contribution is 2.08. The molecule has 12 nitrogen and oxygen atoms in total. The Kier molecular flexibility index (Phi) is 7.42. The summed E-state index contributed by atoms with van der Waals surface area (Å²) in [7, 11) is -14.4. The molecule has 0 fully saturated rings. The van der Waals surface area contributed by atoms with Crippen LogP contribution in [0.15, 0.2) is 0 Å². The monoisotopic (exact) mass is 360 g/mol. The Balaban J connectivity index is 4.39. The minimum atomic E-state index is -4.92. The maximum atomic E-state index is 10.5. The average Bonchev–Trinajstić information content (AvgIpc) is 2.16. The van der Waals surface area contributed by atoms with Gasteiger partial charge >= 0.3 is 31.2 Å². The Hall–Kier alpha value is -0.390. The zero-order valence-corrected chi connectivity index (χ0v) is 12.1. The van der Waals surface area contributed by atoms with Gasteiger partial charge in [-0.2, -0.15) is 25.3 Å². The lowest BCUT2D eigenvalue weighted by Crippen LogP contribution is -2.25. The van der Waals surface area contributed by atoms with E-state index in [4.69, 9.17) is 13.7 Å². The second-order valence-electron chi connectivity index (χ2n) is 3.25. The van der Waals surface area contributed by atoms with Crippen molar-refractivity contribution in [1.29, 1.82) is 0 Å². The van der Waals surface area contributed by atoms with E-state index in [1.54, 1.807) is 0 Å². The van der Waals surface area contributed by atoms with Gasteiger partial charge in [-0.15, -0.1) is 0 Å². The van der Waals surface area contributed by atoms with E-state index in [-0.39, 0.29) is 12.8 Å². The molecule has 15 heteroatoms. The fourth-order valence-electron chi connectivity index (χ4n) is 0.968. The highest BCUT2D eigenvalue weighted by atomic mass is 32.3. The molecule has 0 rings (SSSR count). The molecule has 0 aromatic heterocycles. The predicted octanol–water partition coefficient (Wildman–Crippen LogP) is -1.41. The van der Waals surface area contributed by atoms with Crippen LogP contribution in [0.2, 0.25) is 0 Å². The van der Waals surface area contributed by atoms with E-state index in [0.29, 0.717) is 0 Å². The molecule has 0 aromatic rings. The summed E-state index contributed by atoms with van der Waals surface area (Å²) in [6.07, 6.45) is -2.06. The highest BCUT2D eigenvalue weighted by molar-refractivity contribution is 7.81. The molecule has 0 heterocycles. The van der Waals surface area contributed by atoms with E-state index in [0.717, 1.165) is 0 Å². The first kappa shape index (κ1) is 19.6. The Morgan fingerprint density at radius 3 is 1.70 bits per heavy atom. The summed E-state index contributed by atoms with van der Waals surface area (Å²) in [5.74, 6) is 0. The first-order valence-corrected chi connectivity index (χ1v) is 8.77. The normalized spacial score (nSPS) is 15.2. The Morgan fingerprint density at radius 1 is 0.800 bits per heavy atom. The lowest BCUT2D eigenvalue weighted by atomic mass is 10.2. The van der Waals surface area contributed by atoms with Crippen molar-refractivity contribution in [2.75, 3.05) is 13.2 Å². The van der Waals surface area contributed by atoms with E-state index in [1.165, 1.54) is 0 Å². The molecule has 0 spiro atoms. The Morgan fingerprint density at radius 2 is 1.30 bits per heavy atom. The molecule has 0 radical (unpaired) electrons. The van der Waals surface area contributed by atoms with E-state index in [9.17, 15) is 25.3 Å². The fourth-order valence-corrected chi connectivity index (χ4v) is 2.12. The summed E-state index contributed by atoms with van der Waals surface area (Å²) in [6, 6.07) is 0. The number of hydrogen-bond donors (Lipinski definition) is 3. The van der Waals surface area contributed by atoms with Crippen LogP contribution in [0, 0.1) is 0 Å². The van der Waals surface area contributed by atoms with Crippen LogP contribution in [0.5, 0.6) is 0 Å². The second kappa shape index (κ2) is 7.57. The minimum absolute atomic E-state index is 0.200. The van der Waals surface area contributed by atoms with Crippen molar-refractivity contribution in [3.63, 3.8) is 0 Å². The van der Waals surface area contributed by atoms with Gasteiger partial charge in [0.1, 0.15) is 6.10 Å². The molecule has 0 aliphatic heterocycles. The predicted molar refractivity (Wildman–Crippen MR) is 60.7 cm³/mol. The summed E-state index contributed by atoms with van der Waals surface area (Å²) >= 11 is 0. The van der Waals surface area contributed by atoms with Crippen molar-refractivity contribution >= 4 is 31.2 Å². The first-order chi connectivity index (χ1) is 8.79. The van der Waals surface area contributed by atoms with Gasteiger partial charge in [0.2, 0.25) is 0 Å². The van der Waals surface area contributed by atoms with Crippen LogP contribution in [0.3, 0.4) is 0 Å². The van der Waals surface area contributed by atoms with Crippen molar-refractivity contribution in [2.45, 2.75) is 18.9 Å². The van der Waals surface area contributed by atoms with Crippen molar-refractivity contribution < 1.29 is 51.5 Å². The van der Waals surface area contributed by atoms with E-state index in [2.05, 4.69) is 12.5 Å². The maximum Gasteiger partial charge on any atom is 0.397 e. The molecule has 0 aliphatic carbocycles. The van der Waals surface area contributed by atoms with Crippen LogP contribution < -0.4 is 0 Å². The van der Waals surface area contributed by atoms with Gasteiger partial charge in [0, 0.05) is 0 Å². The lowest BCUT2D eigenvalue weighted by molar-refractivity contribution is 0.102. The summed E-state index contributed by atoms with van der Waals surface area (Å²) in [5.41, 5.74) is 0. The summed E-state index contributed by atoms with van der Waals surface area (Å²) in [5, 5.41) is 0. The van der Waals surface area contributed by atoms with Gasteiger partial charge in [0.15, 0.2) is 0 Å². The SMILES string of the molecule is O=S(=O)(O)OCCCC(COS(=O)(=O)O)OS(=O)(=O)O. The Labute approximate surface area is 115 Å². The van der Waals surface area contributed by atoms with Crippen LogP contribution in [0.4, 0.5) is 0 Å². The third kappa shape index (κ3) is 14.0. The third-order valence-electron chi connectivity index (χ3n) is 1.56. The minimum Gasteiger partial charge on any atom is -0.264 e. The smallest absolute Gasteiger partial charge is 0.264 e. The molecular formula is C5H12O12S3. The van der Waals surface area contributed by atoms with Crippen molar-refractivity contribution in [3.8, 4) is 0 Å². The van der Waals surface area contributed by atoms with Gasteiger partial charge < -0.3 is 0 Å². The van der Waals surface area contributed by atoms with Gasteiger partial charge in [0.25, 0.3) is 0 Å². The fraction of sp³-hybridized carbons (Fsp3) is 1.00. The zero-order chi connectivity index (χ0) is 16.0. The van der Waals surface area contributed by atoms with Crippen LogP contribution in [-0.2, 0) is 43.7 Å². The molecule has 20 heavy (non-hydrogen) atoms. The highest BCUT2D eigenvalue weighted by Gasteiger charge is 2.20. The molecule has 0 saturated heterocycles. The van der Waals surface area contributed by atoms with Gasteiger partial charge in [0.05, 0.1) is 13.2 Å². The molecule has 0 aliphatic rings. The maximum absolute atomic E-state index is 10.5. The third-order valence-corrected chi connectivity index (χ3v) is 2.98. The van der Waals surface area contributed by atoms with Crippen LogP contribution >= 0.6 is 0 Å². The molecule has 0 saturated carbocycles. The molecule has 1 atom stereocenters. The average molecular weight is 360 g/mol. The first-order valence-electron chi connectivity index (χ1n) is 4.68. The quantitative estimate of drug-likeness (QED) is 0.305. The van der Waals surface area contributed by atoms with Crippen molar-refractivity contribution in [3.05, 3.63) is 0 Å². The summed E-state index contributed by atoms with van der Waals surface area (Å²) in [6.45, 7) is -1.51. The van der Waals surface area contributed by atoms with Gasteiger partial charge in [-0.05, 0) is 12.8 Å². The van der Waals surface area contributed by atoms with Crippen LogP contribution in [0.25, 0.3) is 0 Å². The van der Waals surface area contributed by atoms with Crippen molar-refractivity contribution in [2.24, 2.45) is 0 Å². The second-order valence-corrected chi connectivity index (χ2v) is 6.48. The summed E-state index contributed by atoms with van der Waals surface area (Å²) in [4.78, 5) is 0. The van der Waals surface area contributed by atoms with Crippen LogP contribution in [-0.4, -0.2) is 58.2 Å². The molecule has 1 unspecified atom stereocenters. The largest absolute Gasteiger partial charge is 0.397 e. The topological polar surface area (TPSA) is 191 Å². The Bertz CT molecular complexity index is 585. The van der Waals surface area contributed by atoms with Gasteiger partial charge in [-0.25, -0.2) is 12.5 Å². The van der Waals surface area contributed by atoms with Gasteiger partial charge in [-0.3, -0.25) is 13.7 Å². The molecule has 0 aromatic carbocycles. The van der Waals surface area contributed by atoms with Crippen LogP contribution in [0.1, 0.15) is 12.8 Å². The zero-order valence-electron chi connectivity index (χ0n) is 9.65. The molecule has 122 valence electrons. The molecule has 0 amide bonds. The van der Waals surface area contributed by atoms with E-state index < -0.39 is 50.5 Å². The van der Waals surface area contributed by atoms with Crippen molar-refractivity contribution in [1.82, 2.24) is 0 Å². The number of hydrogen-bond acceptors (Lipinski definition) is 9. The molecule has 3 N–H and O–H groups in total. The van der Waals surface area contributed by atoms with Gasteiger partial charge in [-0.1, -0.05) is 0 Å². The van der Waals surface area contributed by atoms with E-state index in [1.807, 2.05) is 0 Å².